The minimum Gasteiger partial charge on any atom is -0.493 e. The molecule has 3 N–H and O–H groups in total. The van der Waals surface area contributed by atoms with Gasteiger partial charge in [-0.2, -0.15) is 23.4 Å². The van der Waals surface area contributed by atoms with E-state index in [4.69, 9.17) is 5.14 Å². The molecule has 0 aliphatic carbocycles. The number of fused-ring (bicyclic) bond motifs is 1. The van der Waals surface area contributed by atoms with E-state index in [1.54, 1.807) is 12.1 Å². The first kappa shape index (κ1) is 23.8. The molecule has 1 aliphatic heterocycles. The zero-order valence-corrected chi connectivity index (χ0v) is 18.5. The van der Waals surface area contributed by atoms with E-state index < -0.39 is 50.6 Å². The molecule has 178 valence electrons. The Balaban J connectivity index is 1.98. The molecule has 2 heterocycles. The maximum atomic E-state index is 13.6. The minimum absolute atomic E-state index is 0.0768. The van der Waals surface area contributed by atoms with Crippen LogP contribution >= 0.6 is 11.3 Å². The van der Waals surface area contributed by atoms with Gasteiger partial charge in [0.1, 0.15) is 11.7 Å². The molecule has 0 spiro atoms. The Kier molecular flexibility index (Phi) is 5.91. The van der Waals surface area contributed by atoms with Crippen molar-refractivity contribution in [2.24, 2.45) is 15.3 Å². The number of aromatic nitrogens is 1. The van der Waals surface area contributed by atoms with Gasteiger partial charge in [0.05, 0.1) is 22.0 Å². The van der Waals surface area contributed by atoms with Crippen LogP contribution in [0, 0.1) is 5.82 Å². The Bertz CT molecular complexity index is 1620. The zero-order valence-electron chi connectivity index (χ0n) is 16.9. The van der Waals surface area contributed by atoms with Gasteiger partial charge >= 0.3 is 11.0 Å². The Labute approximate surface area is 192 Å². The number of aromatic hydroxyl groups is 1. The van der Waals surface area contributed by atoms with Gasteiger partial charge in [0, 0.05) is 12.0 Å². The largest absolute Gasteiger partial charge is 0.493 e. The zero-order chi connectivity index (χ0) is 24.8. The first-order valence-electron chi connectivity index (χ1n) is 9.37. The average Bonchev–Trinajstić information content (AvgIpc) is 3.30. The third kappa shape index (κ3) is 4.78. The molecule has 1 aliphatic rings. The van der Waals surface area contributed by atoms with Crippen LogP contribution in [-0.2, 0) is 28.5 Å². The van der Waals surface area contributed by atoms with E-state index >= 15 is 0 Å². The number of rotatable bonds is 5. The van der Waals surface area contributed by atoms with Gasteiger partial charge in [-0.3, -0.25) is 9.36 Å². The quantitative estimate of drug-likeness (QED) is 0.500. The van der Waals surface area contributed by atoms with Crippen molar-refractivity contribution in [3.8, 4) is 5.88 Å². The van der Waals surface area contributed by atoms with Crippen LogP contribution in [0.3, 0.4) is 0 Å². The normalized spacial score (nSPS) is 14.1. The molecule has 0 saturated heterocycles. The number of alkyl halides is 3. The molecule has 34 heavy (non-hydrogen) atoms. The maximum Gasteiger partial charge on any atom is 0.416 e. The molecule has 0 bridgehead atoms. The van der Waals surface area contributed by atoms with Gasteiger partial charge in [-0.05, 0) is 40.6 Å². The summed E-state index contributed by atoms with van der Waals surface area (Å²) >= 11 is 0.442. The number of halogens is 4. The molecule has 14 heteroatoms. The van der Waals surface area contributed by atoms with Crippen LogP contribution in [0.4, 0.5) is 17.6 Å². The summed E-state index contributed by atoms with van der Waals surface area (Å²) in [5, 5.41) is 24.1. The van der Waals surface area contributed by atoms with Gasteiger partial charge in [0.15, 0.2) is 0 Å². The fourth-order valence-corrected chi connectivity index (χ4v) is 5.08. The predicted molar refractivity (Wildman–Crippen MR) is 116 cm³/mol. The van der Waals surface area contributed by atoms with E-state index in [0.717, 1.165) is 12.1 Å². The van der Waals surface area contributed by atoms with Crippen LogP contribution in [0.1, 0.15) is 21.6 Å². The molecule has 0 unspecified atom stereocenters. The van der Waals surface area contributed by atoms with Crippen LogP contribution in [0.2, 0.25) is 0 Å². The number of hydrogen-bond donors (Lipinski definition) is 2. The van der Waals surface area contributed by atoms with E-state index in [1.807, 2.05) is 0 Å². The number of primary sulfonamides is 1. The average molecular weight is 514 g/mol. The Morgan fingerprint density at radius 2 is 1.91 bits per heavy atom. The van der Waals surface area contributed by atoms with E-state index in [2.05, 4.69) is 10.2 Å². The minimum atomic E-state index is -4.87. The summed E-state index contributed by atoms with van der Waals surface area (Å²) in [4.78, 5) is 11.4. The second-order valence-electron chi connectivity index (χ2n) is 7.31. The van der Waals surface area contributed by atoms with E-state index in [1.165, 1.54) is 12.3 Å². The highest BCUT2D eigenvalue weighted by Crippen LogP contribution is 2.36. The Hall–Kier alpha value is -3.36. The van der Waals surface area contributed by atoms with Gasteiger partial charge in [-0.25, -0.2) is 17.9 Å². The lowest BCUT2D eigenvalue weighted by molar-refractivity contribution is -0.138. The SMILES string of the molecule is NS(=O)(=O)Cn1c(O)c(C(Cc2ccc(F)cc2C(F)(F)F)=c2ccc3c(c2)C=NN=3)sc1=O. The van der Waals surface area contributed by atoms with Crippen molar-refractivity contribution in [3.05, 3.63) is 84.0 Å². The van der Waals surface area contributed by atoms with Crippen molar-refractivity contribution in [1.82, 2.24) is 4.57 Å². The van der Waals surface area contributed by atoms with Crippen molar-refractivity contribution in [2.45, 2.75) is 18.5 Å². The summed E-state index contributed by atoms with van der Waals surface area (Å²) in [6.45, 7) is 0. The molecular weight excluding hydrogens is 500 g/mol. The van der Waals surface area contributed by atoms with Crippen LogP contribution in [0.15, 0.2) is 51.4 Å². The third-order valence-corrected chi connectivity index (χ3v) is 6.58. The van der Waals surface area contributed by atoms with E-state index in [0.29, 0.717) is 38.1 Å². The molecule has 0 fully saturated rings. The predicted octanol–water partition coefficient (Wildman–Crippen LogP) is 1.43. The van der Waals surface area contributed by atoms with E-state index in [-0.39, 0.29) is 16.0 Å². The lowest BCUT2D eigenvalue weighted by Gasteiger charge is -2.15. The Morgan fingerprint density at radius 3 is 2.59 bits per heavy atom. The fourth-order valence-electron chi connectivity index (χ4n) is 3.45. The molecule has 0 saturated carbocycles. The van der Waals surface area contributed by atoms with Crippen molar-refractivity contribution in [3.63, 3.8) is 0 Å². The second kappa shape index (κ2) is 8.45. The molecule has 0 radical (unpaired) electrons. The van der Waals surface area contributed by atoms with Crippen LogP contribution < -0.4 is 20.6 Å². The molecule has 3 aromatic rings. The van der Waals surface area contributed by atoms with Crippen LogP contribution in [-0.4, -0.2) is 24.3 Å². The number of hydrogen-bond acceptors (Lipinski definition) is 7. The van der Waals surface area contributed by atoms with Gasteiger partial charge in [0.25, 0.3) is 0 Å². The second-order valence-corrected chi connectivity index (χ2v) is 9.86. The summed E-state index contributed by atoms with van der Waals surface area (Å²) in [7, 11) is -4.22. The highest BCUT2D eigenvalue weighted by Gasteiger charge is 2.34. The lowest BCUT2D eigenvalue weighted by atomic mass is 9.96. The van der Waals surface area contributed by atoms with E-state index in [9.17, 15) is 35.9 Å². The molecule has 2 aromatic carbocycles. The molecule has 0 atom stereocenters. The standard InChI is InChI=1S/C20H14F4N4O4S2/c21-13-3-1-11(15(7-13)20(22,23)24)6-14(10-2-4-16-12(5-10)8-26-27-16)17-18(29)28(19(30)33-17)9-34(25,31)32/h1-5,7-8,29H,6,9H2,(H2,25,31,32). The summed E-state index contributed by atoms with van der Waals surface area (Å²) in [5.41, 5.74) is -0.923. The number of nitrogens with zero attached hydrogens (tertiary/aromatic N) is 3. The molecular formula is C20H14F4N4O4S2. The topological polar surface area (TPSA) is 127 Å². The third-order valence-electron chi connectivity index (χ3n) is 4.93. The maximum absolute atomic E-state index is 13.6. The first-order chi connectivity index (χ1) is 15.8. The molecule has 1 aromatic heterocycles. The summed E-state index contributed by atoms with van der Waals surface area (Å²) < 4.78 is 77.9. The highest BCUT2D eigenvalue weighted by molar-refractivity contribution is 7.88. The monoisotopic (exact) mass is 514 g/mol. The van der Waals surface area contributed by atoms with Gasteiger partial charge < -0.3 is 5.11 Å². The summed E-state index contributed by atoms with van der Waals surface area (Å²) in [5.74, 6) is -2.88. The summed E-state index contributed by atoms with van der Waals surface area (Å²) in [6, 6.07) is 6.80. The molecule has 4 rings (SSSR count). The van der Waals surface area contributed by atoms with Crippen LogP contribution in [0.5, 0.6) is 5.88 Å². The summed E-state index contributed by atoms with van der Waals surface area (Å²) in [6.07, 6.45) is -3.92. The van der Waals surface area contributed by atoms with Gasteiger partial charge in [-0.15, -0.1) is 0 Å². The first-order valence-corrected chi connectivity index (χ1v) is 11.9. The highest BCUT2D eigenvalue weighted by atomic mass is 32.2. The number of thiazole rings is 1. The fraction of sp³-hybridized carbons (Fsp3) is 0.150. The smallest absolute Gasteiger partial charge is 0.416 e. The molecule has 0 amide bonds. The number of benzene rings is 2. The number of sulfonamides is 1. The van der Waals surface area contributed by atoms with Gasteiger partial charge in [-0.1, -0.05) is 23.5 Å². The van der Waals surface area contributed by atoms with Gasteiger partial charge in [0.2, 0.25) is 15.9 Å². The number of nitrogens with two attached hydrogens (primary N) is 1. The van der Waals surface area contributed by atoms with Crippen molar-refractivity contribution in [2.75, 3.05) is 0 Å². The Morgan fingerprint density at radius 1 is 1.18 bits per heavy atom. The van der Waals surface area contributed by atoms with Crippen LogP contribution in [0.25, 0.3) is 5.57 Å². The van der Waals surface area contributed by atoms with Crippen molar-refractivity contribution < 1.29 is 31.1 Å². The lowest BCUT2D eigenvalue weighted by Crippen LogP contribution is -2.24. The van der Waals surface area contributed by atoms with Crippen molar-refractivity contribution in [1.29, 1.82) is 0 Å². The molecule has 8 nitrogen and oxygen atoms in total. The van der Waals surface area contributed by atoms with Crippen molar-refractivity contribution >= 4 is 33.1 Å².